The first-order chi connectivity index (χ1) is 10.7. The lowest BCUT2D eigenvalue weighted by molar-refractivity contribution is -0.138. The van der Waals surface area contributed by atoms with Gasteiger partial charge in [0.05, 0.1) is 57.1 Å². The Morgan fingerprint density at radius 1 is 0.727 bits per heavy atom. The summed E-state index contributed by atoms with van der Waals surface area (Å²) < 4.78 is 21.5. The van der Waals surface area contributed by atoms with Crippen LogP contribution in [0.1, 0.15) is 19.3 Å². The molecule has 0 radical (unpaired) electrons. The Morgan fingerprint density at radius 3 is 1.64 bits per heavy atom. The molecule has 0 amide bonds. The summed E-state index contributed by atoms with van der Waals surface area (Å²) in [5.74, 6) is -0.613. The Kier molecular flexibility index (Phi) is 16.8. The summed E-state index contributed by atoms with van der Waals surface area (Å²) in [6.07, 6.45) is 1.34. The third-order valence-electron chi connectivity index (χ3n) is 2.47. The SMILES string of the molecule is O=C(O)CCOCCOCCOCCOCCCC(=O)CI. The van der Waals surface area contributed by atoms with Crippen LogP contribution in [0.25, 0.3) is 0 Å². The standard InChI is InChI=1S/C14H25IO7/c15-12-13(16)2-1-4-19-6-8-21-10-11-22-9-7-20-5-3-14(17)18/h1-12H2,(H,17,18). The quantitative estimate of drug-likeness (QED) is 0.211. The Morgan fingerprint density at radius 2 is 1.18 bits per heavy atom. The highest BCUT2D eigenvalue weighted by atomic mass is 127. The molecular formula is C14H25IO7. The summed E-state index contributed by atoms with van der Waals surface area (Å²) in [5.41, 5.74) is 0. The number of hydrogen-bond acceptors (Lipinski definition) is 6. The van der Waals surface area contributed by atoms with Crippen LogP contribution in [0.2, 0.25) is 0 Å². The van der Waals surface area contributed by atoms with Crippen molar-refractivity contribution in [2.24, 2.45) is 0 Å². The number of ketones is 1. The smallest absolute Gasteiger partial charge is 0.305 e. The number of aliphatic carboxylic acids is 1. The number of carbonyl (C=O) groups excluding carboxylic acids is 1. The van der Waals surface area contributed by atoms with Crippen LogP contribution in [0.5, 0.6) is 0 Å². The number of carbonyl (C=O) groups is 2. The molecule has 0 aromatic heterocycles. The topological polar surface area (TPSA) is 91.3 Å². The molecular weight excluding hydrogens is 407 g/mol. The fourth-order valence-corrected chi connectivity index (χ4v) is 1.74. The predicted octanol–water partition coefficient (Wildman–Crippen LogP) is 1.31. The molecule has 0 rings (SSSR count). The van der Waals surface area contributed by atoms with Crippen molar-refractivity contribution >= 4 is 34.3 Å². The predicted molar refractivity (Wildman–Crippen MR) is 88.7 cm³/mol. The van der Waals surface area contributed by atoms with E-state index < -0.39 is 5.97 Å². The number of halogens is 1. The second-order valence-corrected chi connectivity index (χ2v) is 5.13. The minimum absolute atomic E-state index is 0.00927. The summed E-state index contributed by atoms with van der Waals surface area (Å²) >= 11 is 2.06. The highest BCUT2D eigenvalue weighted by Gasteiger charge is 1.99. The van der Waals surface area contributed by atoms with Gasteiger partial charge in [-0.2, -0.15) is 0 Å². The van der Waals surface area contributed by atoms with Crippen LogP contribution in [-0.2, 0) is 28.5 Å². The summed E-state index contributed by atoms with van der Waals surface area (Å²) in [7, 11) is 0. The molecule has 0 aliphatic heterocycles. The Hall–Kier alpha value is -0.290. The van der Waals surface area contributed by atoms with E-state index >= 15 is 0 Å². The number of carboxylic acid groups (broad SMARTS) is 1. The summed E-state index contributed by atoms with van der Waals surface area (Å²) in [4.78, 5) is 21.2. The molecule has 130 valence electrons. The highest BCUT2D eigenvalue weighted by molar-refractivity contribution is 14.1. The van der Waals surface area contributed by atoms with E-state index in [2.05, 4.69) is 22.6 Å². The second-order valence-electron chi connectivity index (χ2n) is 4.37. The number of alkyl halides is 1. The molecule has 7 nitrogen and oxygen atoms in total. The zero-order chi connectivity index (χ0) is 16.5. The van der Waals surface area contributed by atoms with Crippen LogP contribution in [0.4, 0.5) is 0 Å². The number of Topliss-reactive ketones (excluding diaryl/α,β-unsaturated/α-hetero) is 1. The van der Waals surface area contributed by atoms with Gasteiger partial charge in [-0.25, -0.2) is 0 Å². The fourth-order valence-electron chi connectivity index (χ4n) is 1.36. The number of carboxylic acids is 1. The second kappa shape index (κ2) is 17.1. The van der Waals surface area contributed by atoms with E-state index in [0.717, 1.165) is 6.42 Å². The molecule has 0 spiro atoms. The average Bonchev–Trinajstić information content (AvgIpc) is 2.50. The first kappa shape index (κ1) is 21.7. The van der Waals surface area contributed by atoms with Gasteiger partial charge in [-0.3, -0.25) is 9.59 Å². The first-order valence-electron chi connectivity index (χ1n) is 7.27. The molecule has 0 atom stereocenters. The summed E-state index contributed by atoms with van der Waals surface area (Å²) in [6.45, 7) is 3.54. The van der Waals surface area contributed by atoms with Gasteiger partial charge in [-0.1, -0.05) is 22.6 Å². The molecule has 0 aliphatic carbocycles. The van der Waals surface area contributed by atoms with E-state index in [1.165, 1.54) is 0 Å². The van der Waals surface area contributed by atoms with E-state index in [0.29, 0.717) is 57.1 Å². The maximum absolute atomic E-state index is 11.0. The lowest BCUT2D eigenvalue weighted by Gasteiger charge is -2.07. The Balaban J connectivity index is 3.02. The lowest BCUT2D eigenvalue weighted by atomic mass is 10.2. The van der Waals surface area contributed by atoms with Crippen molar-refractivity contribution in [2.75, 3.05) is 57.3 Å². The molecule has 0 fully saturated rings. The average molecular weight is 432 g/mol. The van der Waals surface area contributed by atoms with Crippen LogP contribution in [-0.4, -0.2) is 74.1 Å². The summed E-state index contributed by atoms with van der Waals surface area (Å²) in [5, 5.41) is 8.39. The van der Waals surface area contributed by atoms with Gasteiger partial charge in [-0.15, -0.1) is 0 Å². The number of hydrogen-bond donors (Lipinski definition) is 1. The van der Waals surface area contributed by atoms with Crippen LogP contribution in [0.15, 0.2) is 0 Å². The molecule has 0 saturated heterocycles. The molecule has 22 heavy (non-hydrogen) atoms. The Labute approximate surface area is 144 Å². The van der Waals surface area contributed by atoms with Crippen molar-refractivity contribution < 1.29 is 33.6 Å². The number of rotatable bonds is 17. The minimum Gasteiger partial charge on any atom is -0.481 e. The van der Waals surface area contributed by atoms with Crippen LogP contribution >= 0.6 is 22.6 Å². The zero-order valence-corrected chi connectivity index (χ0v) is 14.9. The lowest BCUT2D eigenvalue weighted by Crippen LogP contribution is -2.13. The van der Waals surface area contributed by atoms with E-state index in [1.807, 2.05) is 0 Å². The van der Waals surface area contributed by atoms with E-state index in [9.17, 15) is 9.59 Å². The molecule has 0 aromatic carbocycles. The third kappa shape index (κ3) is 17.8. The molecule has 0 aliphatic rings. The van der Waals surface area contributed by atoms with E-state index in [1.54, 1.807) is 0 Å². The van der Waals surface area contributed by atoms with Gasteiger partial charge >= 0.3 is 5.97 Å². The van der Waals surface area contributed by atoms with Crippen molar-refractivity contribution in [1.82, 2.24) is 0 Å². The maximum Gasteiger partial charge on any atom is 0.305 e. The fraction of sp³-hybridized carbons (Fsp3) is 0.857. The van der Waals surface area contributed by atoms with Crippen LogP contribution in [0, 0.1) is 0 Å². The van der Waals surface area contributed by atoms with Crippen molar-refractivity contribution in [2.45, 2.75) is 19.3 Å². The molecule has 0 heterocycles. The molecule has 1 N–H and O–H groups in total. The van der Waals surface area contributed by atoms with Gasteiger partial charge in [0.1, 0.15) is 5.78 Å². The van der Waals surface area contributed by atoms with Crippen LogP contribution in [0.3, 0.4) is 0 Å². The van der Waals surface area contributed by atoms with E-state index in [4.69, 9.17) is 24.1 Å². The van der Waals surface area contributed by atoms with E-state index in [-0.39, 0.29) is 18.8 Å². The zero-order valence-electron chi connectivity index (χ0n) is 12.8. The monoisotopic (exact) mass is 432 g/mol. The van der Waals surface area contributed by atoms with Crippen molar-refractivity contribution in [3.05, 3.63) is 0 Å². The largest absolute Gasteiger partial charge is 0.481 e. The van der Waals surface area contributed by atoms with Gasteiger partial charge in [0, 0.05) is 13.0 Å². The van der Waals surface area contributed by atoms with Crippen LogP contribution < -0.4 is 0 Å². The van der Waals surface area contributed by atoms with Crippen molar-refractivity contribution in [3.63, 3.8) is 0 Å². The number of ether oxygens (including phenoxy) is 4. The molecule has 0 unspecified atom stereocenters. The van der Waals surface area contributed by atoms with Crippen molar-refractivity contribution in [1.29, 1.82) is 0 Å². The summed E-state index contributed by atoms with van der Waals surface area (Å²) in [6, 6.07) is 0. The molecule has 0 aromatic rings. The van der Waals surface area contributed by atoms with Gasteiger partial charge in [0.2, 0.25) is 0 Å². The Bertz CT molecular complexity index is 286. The van der Waals surface area contributed by atoms with Gasteiger partial charge in [0.25, 0.3) is 0 Å². The van der Waals surface area contributed by atoms with Crippen molar-refractivity contribution in [3.8, 4) is 0 Å². The molecule has 8 heteroatoms. The van der Waals surface area contributed by atoms with Gasteiger partial charge in [0.15, 0.2) is 0 Å². The minimum atomic E-state index is -0.867. The van der Waals surface area contributed by atoms with Gasteiger partial charge < -0.3 is 24.1 Å². The highest BCUT2D eigenvalue weighted by Crippen LogP contribution is 1.95. The molecule has 0 bridgehead atoms. The molecule has 0 saturated carbocycles. The van der Waals surface area contributed by atoms with Gasteiger partial charge in [-0.05, 0) is 6.42 Å². The first-order valence-corrected chi connectivity index (χ1v) is 8.79. The maximum atomic E-state index is 11.0. The normalized spacial score (nSPS) is 10.8. The third-order valence-corrected chi connectivity index (χ3v) is 3.32.